The average Bonchev–Trinajstić information content (AvgIpc) is 3.26. The average molecular weight is 369 g/mol. The molecule has 0 radical (unpaired) electrons. The lowest BCUT2D eigenvalue weighted by Crippen LogP contribution is -2.30. The zero-order valence-electron chi connectivity index (χ0n) is 15.4. The molecule has 0 spiro atoms. The quantitative estimate of drug-likeness (QED) is 0.687. The summed E-state index contributed by atoms with van der Waals surface area (Å²) in [5.74, 6) is -0.677. The van der Waals surface area contributed by atoms with Gasteiger partial charge < -0.3 is 14.5 Å². The molecule has 0 saturated carbocycles. The second kappa shape index (κ2) is 7.40. The van der Waals surface area contributed by atoms with Crippen LogP contribution in [0.5, 0.6) is 0 Å². The molecule has 0 aliphatic heterocycles. The first-order valence-electron chi connectivity index (χ1n) is 8.25. The Labute approximate surface area is 155 Å². The highest BCUT2D eigenvalue weighted by Gasteiger charge is 2.21. The lowest BCUT2D eigenvalue weighted by atomic mass is 10.1. The van der Waals surface area contributed by atoms with Gasteiger partial charge in [-0.3, -0.25) is 9.48 Å². The fraction of sp³-hybridized carbons (Fsp3) is 0.278. The molecular formula is C18H19N5O4. The number of carbonyl (C=O) groups excluding carboxylic acids is 2. The van der Waals surface area contributed by atoms with Crippen LogP contribution in [0.3, 0.4) is 0 Å². The van der Waals surface area contributed by atoms with Gasteiger partial charge in [0.15, 0.2) is 6.10 Å². The summed E-state index contributed by atoms with van der Waals surface area (Å²) >= 11 is 0. The maximum Gasteiger partial charge on any atom is 0.338 e. The molecule has 1 amide bonds. The molecule has 0 aliphatic rings. The Balaban J connectivity index is 1.63. The first-order chi connectivity index (χ1) is 12.9. The number of hydrogen-bond donors (Lipinski definition) is 1. The van der Waals surface area contributed by atoms with Gasteiger partial charge in [0.25, 0.3) is 5.91 Å². The summed E-state index contributed by atoms with van der Waals surface area (Å²) in [6, 6.07) is 6.47. The number of ether oxygens (including phenoxy) is 1. The van der Waals surface area contributed by atoms with Crippen LogP contribution in [0.15, 0.2) is 35.1 Å². The molecule has 0 bridgehead atoms. The number of benzene rings is 1. The van der Waals surface area contributed by atoms with E-state index in [0.29, 0.717) is 28.4 Å². The van der Waals surface area contributed by atoms with Crippen molar-refractivity contribution in [2.45, 2.75) is 26.9 Å². The summed E-state index contributed by atoms with van der Waals surface area (Å²) in [4.78, 5) is 24.6. The number of esters is 1. The fourth-order valence-electron chi connectivity index (χ4n) is 2.51. The monoisotopic (exact) mass is 369 g/mol. The number of aromatic nitrogens is 4. The first kappa shape index (κ1) is 18.3. The highest BCUT2D eigenvalue weighted by molar-refractivity contribution is 5.98. The predicted octanol–water partition coefficient (Wildman–Crippen LogP) is 2.27. The summed E-state index contributed by atoms with van der Waals surface area (Å²) in [5.41, 5.74) is 3.12. The van der Waals surface area contributed by atoms with Gasteiger partial charge in [-0.25, -0.2) is 4.79 Å². The van der Waals surface area contributed by atoms with Crippen LogP contribution in [0.4, 0.5) is 5.69 Å². The van der Waals surface area contributed by atoms with Gasteiger partial charge in [0, 0.05) is 12.6 Å². The number of anilines is 1. The Morgan fingerprint density at radius 3 is 2.48 bits per heavy atom. The van der Waals surface area contributed by atoms with Crippen molar-refractivity contribution in [2.75, 3.05) is 5.32 Å². The maximum atomic E-state index is 12.3. The van der Waals surface area contributed by atoms with Crippen LogP contribution in [-0.2, 0) is 16.6 Å². The van der Waals surface area contributed by atoms with Crippen molar-refractivity contribution in [3.05, 3.63) is 47.6 Å². The number of carbonyl (C=O) groups is 2. The molecule has 1 atom stereocenters. The van der Waals surface area contributed by atoms with Crippen molar-refractivity contribution in [1.82, 2.24) is 20.0 Å². The molecule has 2 aromatic heterocycles. The Morgan fingerprint density at radius 1 is 1.22 bits per heavy atom. The lowest BCUT2D eigenvalue weighted by molar-refractivity contribution is -0.123. The van der Waals surface area contributed by atoms with E-state index in [1.54, 1.807) is 42.9 Å². The Hall–Kier alpha value is -3.49. The van der Waals surface area contributed by atoms with Crippen LogP contribution < -0.4 is 5.32 Å². The third-order valence-corrected chi connectivity index (χ3v) is 4.14. The zero-order chi connectivity index (χ0) is 19.6. The number of amides is 1. The summed E-state index contributed by atoms with van der Waals surface area (Å²) in [5, 5.41) is 14.4. The molecule has 1 N–H and O–H groups in total. The molecule has 3 aromatic rings. The topological polar surface area (TPSA) is 112 Å². The first-order valence-corrected chi connectivity index (χ1v) is 8.25. The van der Waals surface area contributed by atoms with Crippen molar-refractivity contribution in [3.8, 4) is 11.5 Å². The van der Waals surface area contributed by atoms with Crippen LogP contribution in [0.2, 0.25) is 0 Å². The maximum absolute atomic E-state index is 12.3. The van der Waals surface area contributed by atoms with Crippen molar-refractivity contribution in [2.24, 2.45) is 7.05 Å². The smallest absolute Gasteiger partial charge is 0.338 e. The van der Waals surface area contributed by atoms with E-state index in [1.165, 1.54) is 13.3 Å². The number of nitrogens with zero attached hydrogens (tertiary/aromatic N) is 4. The second-order valence-corrected chi connectivity index (χ2v) is 6.03. The predicted molar refractivity (Wildman–Crippen MR) is 95.9 cm³/mol. The van der Waals surface area contributed by atoms with E-state index in [1.807, 2.05) is 6.92 Å². The second-order valence-electron chi connectivity index (χ2n) is 6.03. The van der Waals surface area contributed by atoms with E-state index in [-0.39, 0.29) is 0 Å². The van der Waals surface area contributed by atoms with Gasteiger partial charge in [-0.15, -0.1) is 10.2 Å². The van der Waals surface area contributed by atoms with E-state index >= 15 is 0 Å². The van der Waals surface area contributed by atoms with E-state index in [0.717, 1.165) is 5.69 Å². The van der Waals surface area contributed by atoms with Crippen LogP contribution in [0.1, 0.15) is 28.7 Å². The van der Waals surface area contributed by atoms with Crippen LogP contribution in [0.25, 0.3) is 11.5 Å². The number of rotatable bonds is 5. The van der Waals surface area contributed by atoms with E-state index in [4.69, 9.17) is 9.15 Å². The van der Waals surface area contributed by atoms with Crippen molar-refractivity contribution < 1.29 is 18.7 Å². The normalized spacial score (nSPS) is 11.9. The van der Waals surface area contributed by atoms with Gasteiger partial charge in [-0.2, -0.15) is 5.10 Å². The van der Waals surface area contributed by atoms with E-state index < -0.39 is 18.0 Å². The Morgan fingerprint density at radius 2 is 1.93 bits per heavy atom. The number of hydrogen-bond acceptors (Lipinski definition) is 7. The van der Waals surface area contributed by atoms with Gasteiger partial charge in [-0.05, 0) is 45.0 Å². The molecule has 3 rings (SSSR count). The van der Waals surface area contributed by atoms with Crippen molar-refractivity contribution in [3.63, 3.8) is 0 Å². The van der Waals surface area contributed by atoms with Crippen LogP contribution in [0, 0.1) is 13.8 Å². The molecule has 27 heavy (non-hydrogen) atoms. The minimum atomic E-state index is -0.966. The summed E-state index contributed by atoms with van der Waals surface area (Å²) in [6.45, 7) is 5.16. The molecule has 9 heteroatoms. The summed E-state index contributed by atoms with van der Waals surface area (Å²) in [6.07, 6.45) is 0.260. The van der Waals surface area contributed by atoms with Crippen LogP contribution in [-0.4, -0.2) is 38.0 Å². The Bertz CT molecular complexity index is 961. The van der Waals surface area contributed by atoms with Crippen molar-refractivity contribution >= 4 is 17.6 Å². The van der Waals surface area contributed by atoms with E-state index in [2.05, 4.69) is 20.6 Å². The lowest BCUT2D eigenvalue weighted by Gasteiger charge is -2.14. The zero-order valence-corrected chi connectivity index (χ0v) is 15.4. The van der Waals surface area contributed by atoms with Gasteiger partial charge in [0.2, 0.25) is 12.3 Å². The third kappa shape index (κ3) is 3.86. The summed E-state index contributed by atoms with van der Waals surface area (Å²) in [7, 11) is 1.79. The van der Waals surface area contributed by atoms with E-state index in [9.17, 15) is 9.59 Å². The molecule has 140 valence electrons. The van der Waals surface area contributed by atoms with Crippen molar-refractivity contribution in [1.29, 1.82) is 0 Å². The highest BCUT2D eigenvalue weighted by atomic mass is 16.5. The minimum absolute atomic E-state index is 0.312. The molecule has 0 fully saturated rings. The molecule has 9 nitrogen and oxygen atoms in total. The molecular weight excluding hydrogens is 350 g/mol. The molecule has 0 unspecified atom stereocenters. The molecule has 0 saturated heterocycles. The molecule has 0 aliphatic carbocycles. The van der Waals surface area contributed by atoms with Gasteiger partial charge in [0.1, 0.15) is 0 Å². The largest absolute Gasteiger partial charge is 0.449 e. The summed E-state index contributed by atoms with van der Waals surface area (Å²) < 4.78 is 12.0. The number of aryl methyl sites for hydroxylation is 2. The molecule has 1 aromatic carbocycles. The highest BCUT2D eigenvalue weighted by Crippen LogP contribution is 2.20. The van der Waals surface area contributed by atoms with Gasteiger partial charge in [0.05, 0.1) is 22.6 Å². The Kier molecular flexibility index (Phi) is 5.02. The minimum Gasteiger partial charge on any atom is -0.449 e. The third-order valence-electron chi connectivity index (χ3n) is 4.14. The SMILES string of the molecule is Cc1nn(C)c(C)c1NC(=O)[C@@H](C)OC(=O)c1ccc(-c2nnco2)cc1. The fourth-order valence-corrected chi connectivity index (χ4v) is 2.51. The van der Waals surface area contributed by atoms with Gasteiger partial charge >= 0.3 is 5.97 Å². The van der Waals surface area contributed by atoms with Gasteiger partial charge in [-0.1, -0.05) is 0 Å². The van der Waals surface area contributed by atoms with Crippen LogP contribution >= 0.6 is 0 Å². The number of nitrogens with one attached hydrogen (secondary N) is 1. The standard InChI is InChI=1S/C18H19N5O4/c1-10-15(11(2)23(4)22-10)20-16(24)12(3)27-18(25)14-7-5-13(6-8-14)17-21-19-9-26-17/h5-9,12H,1-4H3,(H,20,24)/t12-/m1/s1. The molecule has 2 heterocycles.